The summed E-state index contributed by atoms with van der Waals surface area (Å²) < 4.78 is 3.81. The van der Waals surface area contributed by atoms with Crippen molar-refractivity contribution in [2.75, 3.05) is 0 Å². The minimum Gasteiger partial charge on any atom is -0.348 e. The van der Waals surface area contributed by atoms with Crippen LogP contribution in [0.25, 0.3) is 16.9 Å². The lowest BCUT2D eigenvalue weighted by Crippen LogP contribution is -2.38. The zero-order valence-corrected chi connectivity index (χ0v) is 15.8. The van der Waals surface area contributed by atoms with E-state index in [0.717, 1.165) is 31.3 Å². The van der Waals surface area contributed by atoms with Crippen molar-refractivity contribution in [3.8, 4) is 5.82 Å². The van der Waals surface area contributed by atoms with Crippen LogP contribution in [0.3, 0.4) is 0 Å². The molecule has 8 heteroatoms. The van der Waals surface area contributed by atoms with E-state index in [2.05, 4.69) is 48.3 Å². The molecule has 1 amide bonds. The van der Waals surface area contributed by atoms with Gasteiger partial charge in [0.25, 0.3) is 5.91 Å². The zero-order chi connectivity index (χ0) is 19.6. The molecular formula is C21H21N7O. The number of hydrogen-bond acceptors (Lipinski definition) is 5. The van der Waals surface area contributed by atoms with Crippen molar-refractivity contribution >= 4 is 16.9 Å². The first kappa shape index (κ1) is 17.5. The van der Waals surface area contributed by atoms with E-state index in [4.69, 9.17) is 0 Å². The molecule has 146 valence electrons. The van der Waals surface area contributed by atoms with Crippen LogP contribution < -0.4 is 5.32 Å². The molecule has 8 nitrogen and oxygen atoms in total. The molecule has 1 saturated carbocycles. The first-order chi connectivity index (χ1) is 14.3. The van der Waals surface area contributed by atoms with E-state index in [0.29, 0.717) is 17.6 Å². The first-order valence-corrected chi connectivity index (χ1v) is 9.82. The van der Waals surface area contributed by atoms with Crippen molar-refractivity contribution in [3.05, 3.63) is 67.1 Å². The fourth-order valence-corrected chi connectivity index (χ4v) is 4.04. The van der Waals surface area contributed by atoms with Gasteiger partial charge in [-0.25, -0.2) is 19.6 Å². The van der Waals surface area contributed by atoms with Crippen molar-refractivity contribution in [2.45, 2.75) is 37.8 Å². The van der Waals surface area contributed by atoms with Crippen LogP contribution in [-0.2, 0) is 0 Å². The van der Waals surface area contributed by atoms with Crippen molar-refractivity contribution in [3.63, 3.8) is 0 Å². The second kappa shape index (κ2) is 7.46. The van der Waals surface area contributed by atoms with Crippen LogP contribution in [0.15, 0.2) is 61.4 Å². The molecule has 0 atom stereocenters. The second-order valence-corrected chi connectivity index (χ2v) is 7.34. The molecule has 4 heterocycles. The van der Waals surface area contributed by atoms with Gasteiger partial charge in [-0.2, -0.15) is 5.10 Å². The third-order valence-electron chi connectivity index (χ3n) is 5.52. The predicted octanol–water partition coefficient (Wildman–Crippen LogP) is 2.93. The largest absolute Gasteiger partial charge is 0.348 e. The summed E-state index contributed by atoms with van der Waals surface area (Å²) >= 11 is 0. The molecule has 0 spiro atoms. The minimum atomic E-state index is -0.150. The van der Waals surface area contributed by atoms with Gasteiger partial charge in [0.2, 0.25) is 0 Å². The quantitative estimate of drug-likeness (QED) is 0.581. The molecule has 4 aromatic heterocycles. The fourth-order valence-electron chi connectivity index (χ4n) is 4.04. The molecule has 1 aliphatic rings. The van der Waals surface area contributed by atoms with Crippen LogP contribution in [0, 0.1) is 0 Å². The van der Waals surface area contributed by atoms with E-state index >= 15 is 0 Å². The highest BCUT2D eigenvalue weighted by Gasteiger charge is 2.25. The van der Waals surface area contributed by atoms with Gasteiger partial charge in [-0.05, 0) is 56.0 Å². The lowest BCUT2D eigenvalue weighted by molar-refractivity contribution is 0.0917. The van der Waals surface area contributed by atoms with E-state index in [1.54, 1.807) is 24.5 Å². The number of nitrogens with zero attached hydrogens (tertiary/aromatic N) is 6. The average Bonchev–Trinajstić information content (AvgIpc) is 3.45. The fraction of sp³-hybridized carbons (Fsp3) is 0.286. The van der Waals surface area contributed by atoms with Crippen molar-refractivity contribution in [1.29, 1.82) is 0 Å². The Labute approximate surface area is 167 Å². The van der Waals surface area contributed by atoms with Gasteiger partial charge in [-0.3, -0.25) is 4.79 Å². The first-order valence-electron chi connectivity index (χ1n) is 9.82. The van der Waals surface area contributed by atoms with E-state index in [1.165, 1.54) is 16.4 Å². The topological polar surface area (TPSA) is 90.5 Å². The number of amides is 1. The number of rotatable bonds is 4. The van der Waals surface area contributed by atoms with Gasteiger partial charge >= 0.3 is 0 Å². The molecule has 29 heavy (non-hydrogen) atoms. The molecule has 1 aliphatic carbocycles. The molecule has 0 saturated heterocycles. The Morgan fingerprint density at radius 2 is 1.97 bits per heavy atom. The summed E-state index contributed by atoms with van der Waals surface area (Å²) in [5.41, 5.74) is 1.43. The Bertz CT molecular complexity index is 1130. The molecule has 4 aromatic rings. The maximum absolute atomic E-state index is 12.7. The molecule has 0 aliphatic heterocycles. The van der Waals surface area contributed by atoms with Gasteiger partial charge < -0.3 is 9.88 Å². The highest BCUT2D eigenvalue weighted by Crippen LogP contribution is 2.31. The highest BCUT2D eigenvalue weighted by molar-refractivity contribution is 5.92. The van der Waals surface area contributed by atoms with E-state index in [1.807, 2.05) is 12.3 Å². The smallest absolute Gasteiger partial charge is 0.270 e. The van der Waals surface area contributed by atoms with Crippen molar-refractivity contribution < 1.29 is 4.79 Å². The predicted molar refractivity (Wildman–Crippen MR) is 108 cm³/mol. The third-order valence-corrected chi connectivity index (χ3v) is 5.52. The van der Waals surface area contributed by atoms with E-state index in [9.17, 15) is 4.79 Å². The number of hydrogen-bond donors (Lipinski definition) is 1. The maximum Gasteiger partial charge on any atom is 0.270 e. The minimum absolute atomic E-state index is 0.150. The SMILES string of the molecule is O=C(NC1CCC(n2ccc3cccnc32)CC1)c1cccc(-n2cncn2)n1. The Hall–Kier alpha value is -3.55. The van der Waals surface area contributed by atoms with E-state index in [-0.39, 0.29) is 11.9 Å². The number of carbonyl (C=O) groups excluding carboxylic acids is 1. The number of pyridine rings is 2. The molecule has 5 rings (SSSR count). The summed E-state index contributed by atoms with van der Waals surface area (Å²) in [5.74, 6) is 0.425. The number of carbonyl (C=O) groups is 1. The van der Waals surface area contributed by atoms with Crippen molar-refractivity contribution in [2.24, 2.45) is 0 Å². The number of nitrogens with one attached hydrogen (secondary N) is 1. The highest BCUT2D eigenvalue weighted by atomic mass is 16.1. The van der Waals surface area contributed by atoms with Crippen LogP contribution >= 0.6 is 0 Å². The van der Waals surface area contributed by atoms with Gasteiger partial charge in [0.05, 0.1) is 0 Å². The maximum atomic E-state index is 12.7. The van der Waals surface area contributed by atoms with Gasteiger partial charge in [-0.15, -0.1) is 0 Å². The summed E-state index contributed by atoms with van der Waals surface area (Å²) in [6, 6.07) is 12.1. The molecule has 0 radical (unpaired) electrons. The van der Waals surface area contributed by atoms with Gasteiger partial charge in [0, 0.05) is 29.9 Å². The third kappa shape index (κ3) is 3.49. The second-order valence-electron chi connectivity index (χ2n) is 7.34. The average molecular weight is 387 g/mol. The van der Waals surface area contributed by atoms with Crippen LogP contribution in [0.5, 0.6) is 0 Å². The monoisotopic (exact) mass is 387 g/mol. The summed E-state index contributed by atoms with van der Waals surface area (Å²) in [5, 5.41) is 8.37. The van der Waals surface area contributed by atoms with Crippen LogP contribution in [0.4, 0.5) is 0 Å². The Balaban J connectivity index is 1.23. The standard InChI is InChI=1S/C21H21N7O/c29-21(18-4-1-5-19(26-18)28-14-22-13-24-28)25-16-6-8-17(9-7-16)27-12-10-15-3-2-11-23-20(15)27/h1-5,10-14,16-17H,6-9H2,(H,25,29). The van der Waals surface area contributed by atoms with Crippen LogP contribution in [0.1, 0.15) is 42.2 Å². The molecule has 0 unspecified atom stereocenters. The lowest BCUT2D eigenvalue weighted by Gasteiger charge is -2.30. The van der Waals surface area contributed by atoms with Gasteiger partial charge in [0.15, 0.2) is 5.82 Å². The molecule has 0 bridgehead atoms. The summed E-state index contributed by atoms with van der Waals surface area (Å²) in [7, 11) is 0. The summed E-state index contributed by atoms with van der Waals surface area (Å²) in [4.78, 5) is 25.5. The summed E-state index contributed by atoms with van der Waals surface area (Å²) in [6.45, 7) is 0. The lowest BCUT2D eigenvalue weighted by atomic mass is 9.91. The van der Waals surface area contributed by atoms with Crippen LogP contribution in [0.2, 0.25) is 0 Å². The Morgan fingerprint density at radius 1 is 1.07 bits per heavy atom. The van der Waals surface area contributed by atoms with Gasteiger partial charge in [-0.1, -0.05) is 6.07 Å². The molecule has 1 fully saturated rings. The normalized spacial score (nSPS) is 19.3. The van der Waals surface area contributed by atoms with Crippen LogP contribution in [-0.4, -0.2) is 41.2 Å². The van der Waals surface area contributed by atoms with Crippen molar-refractivity contribution in [1.82, 2.24) is 34.6 Å². The molecule has 1 N–H and O–H groups in total. The number of aromatic nitrogens is 6. The molecule has 0 aromatic carbocycles. The Morgan fingerprint density at radius 3 is 2.79 bits per heavy atom. The Kier molecular flexibility index (Phi) is 4.51. The van der Waals surface area contributed by atoms with E-state index < -0.39 is 0 Å². The van der Waals surface area contributed by atoms with Gasteiger partial charge in [0.1, 0.15) is 24.0 Å². The summed E-state index contributed by atoms with van der Waals surface area (Å²) in [6.07, 6.45) is 10.9. The number of fused-ring (bicyclic) bond motifs is 1. The zero-order valence-electron chi connectivity index (χ0n) is 15.8. The molecular weight excluding hydrogens is 366 g/mol.